The largest absolute Gasteiger partial charge is 0.744 e. The number of allylic oxidation sites excluding steroid dienone is 1. The molecule has 0 aliphatic carbocycles. The maximum absolute atomic E-state index is 12.0. The van der Waals surface area contributed by atoms with Crippen LogP contribution in [0.1, 0.15) is 75.6 Å². The van der Waals surface area contributed by atoms with E-state index < -0.39 is 10.1 Å². The van der Waals surface area contributed by atoms with E-state index in [1.807, 2.05) is 41.5 Å². The molecule has 128 valence electrons. The summed E-state index contributed by atoms with van der Waals surface area (Å²) >= 11 is 0. The lowest BCUT2D eigenvalue weighted by atomic mass is 9.83. The summed E-state index contributed by atoms with van der Waals surface area (Å²) in [5.41, 5.74) is 3.62. The van der Waals surface area contributed by atoms with Crippen LogP contribution in [0.25, 0.3) is 11.6 Å². The van der Waals surface area contributed by atoms with Crippen molar-refractivity contribution in [2.24, 2.45) is 5.92 Å². The Morgan fingerprint density at radius 3 is 1.96 bits per heavy atom. The molecule has 0 N–H and O–H groups in total. The third-order valence-corrected chi connectivity index (χ3v) is 5.04. The smallest absolute Gasteiger partial charge is 0.125 e. The van der Waals surface area contributed by atoms with Gasteiger partial charge in [0.15, 0.2) is 0 Å². The summed E-state index contributed by atoms with van der Waals surface area (Å²) in [4.78, 5) is -0.0855. The van der Waals surface area contributed by atoms with Crippen LogP contribution in [0, 0.1) is 5.92 Å². The molecule has 1 aromatic carbocycles. The molecule has 4 heteroatoms. The minimum atomic E-state index is -4.58. The Morgan fingerprint density at radius 1 is 1.13 bits per heavy atom. The zero-order valence-electron chi connectivity index (χ0n) is 14.9. The van der Waals surface area contributed by atoms with E-state index in [9.17, 15) is 13.0 Å². The second-order valence-electron chi connectivity index (χ2n) is 6.82. The predicted molar refractivity (Wildman–Crippen MR) is 96.5 cm³/mol. The van der Waals surface area contributed by atoms with Crippen molar-refractivity contribution in [3.8, 4) is 0 Å². The van der Waals surface area contributed by atoms with Crippen LogP contribution in [0.4, 0.5) is 0 Å². The molecular formula is C19H27O3S-. The van der Waals surface area contributed by atoms with E-state index in [1.54, 1.807) is 12.1 Å². The van der Waals surface area contributed by atoms with E-state index in [-0.39, 0.29) is 22.6 Å². The van der Waals surface area contributed by atoms with Crippen molar-refractivity contribution >= 4 is 21.8 Å². The summed E-state index contributed by atoms with van der Waals surface area (Å²) < 4.78 is 35.9. The first-order chi connectivity index (χ1) is 10.4. The van der Waals surface area contributed by atoms with Gasteiger partial charge in [-0.3, -0.25) is 0 Å². The summed E-state index contributed by atoms with van der Waals surface area (Å²) in [6, 6.07) is 1.81. The Hall–Kier alpha value is -1.39. The maximum Gasteiger partial charge on any atom is 0.125 e. The summed E-state index contributed by atoms with van der Waals surface area (Å²) in [6.07, 6.45) is 1.64. The van der Waals surface area contributed by atoms with E-state index in [0.717, 1.165) is 11.1 Å². The lowest BCUT2D eigenvalue weighted by Gasteiger charge is -2.27. The van der Waals surface area contributed by atoms with Crippen LogP contribution in [0.15, 0.2) is 24.1 Å². The van der Waals surface area contributed by atoms with Gasteiger partial charge in [0.05, 0.1) is 4.90 Å². The lowest BCUT2D eigenvalue weighted by molar-refractivity contribution is 0.459. The number of rotatable bonds is 6. The third kappa shape index (κ3) is 3.93. The first-order valence-corrected chi connectivity index (χ1v) is 9.32. The monoisotopic (exact) mass is 335 g/mol. The zero-order chi connectivity index (χ0) is 18.1. The standard InChI is InChI=1S/C19H28O3S/c1-9-15-17(14(8)11(2)3)10-16(12(4)5)19(23(20,21)22)18(15)13(6)7/h9-13H,1,8H2,2-7H3,(H,20,21,22)/p-1. The van der Waals surface area contributed by atoms with Crippen molar-refractivity contribution in [3.63, 3.8) is 0 Å². The maximum atomic E-state index is 12.0. The Labute approximate surface area is 140 Å². The van der Waals surface area contributed by atoms with Gasteiger partial charge in [0.25, 0.3) is 0 Å². The highest BCUT2D eigenvalue weighted by Gasteiger charge is 2.25. The summed E-state index contributed by atoms with van der Waals surface area (Å²) in [5, 5.41) is 0. The molecule has 0 bridgehead atoms. The molecule has 0 fully saturated rings. The van der Waals surface area contributed by atoms with Crippen molar-refractivity contribution in [1.82, 2.24) is 0 Å². The van der Waals surface area contributed by atoms with E-state index in [0.29, 0.717) is 16.7 Å². The quantitative estimate of drug-likeness (QED) is 0.675. The van der Waals surface area contributed by atoms with Crippen LogP contribution >= 0.6 is 0 Å². The van der Waals surface area contributed by atoms with Gasteiger partial charge >= 0.3 is 0 Å². The van der Waals surface area contributed by atoms with Crippen molar-refractivity contribution < 1.29 is 13.0 Å². The number of hydrogen-bond acceptors (Lipinski definition) is 3. The first-order valence-electron chi connectivity index (χ1n) is 7.91. The summed E-state index contributed by atoms with van der Waals surface area (Å²) in [5.74, 6) is 0.0198. The van der Waals surface area contributed by atoms with E-state index in [1.165, 1.54) is 0 Å². The van der Waals surface area contributed by atoms with Crippen LogP contribution < -0.4 is 0 Å². The van der Waals surface area contributed by atoms with E-state index in [2.05, 4.69) is 13.2 Å². The van der Waals surface area contributed by atoms with E-state index in [4.69, 9.17) is 0 Å². The van der Waals surface area contributed by atoms with Crippen LogP contribution in [0.2, 0.25) is 0 Å². The molecule has 0 saturated heterocycles. The number of benzene rings is 1. The molecule has 0 amide bonds. The molecule has 0 aliphatic rings. The lowest BCUT2D eigenvalue weighted by Crippen LogP contribution is -2.14. The van der Waals surface area contributed by atoms with Crippen molar-refractivity contribution in [2.75, 3.05) is 0 Å². The van der Waals surface area contributed by atoms with Crippen LogP contribution in [0.3, 0.4) is 0 Å². The van der Waals surface area contributed by atoms with Crippen LogP contribution in [-0.2, 0) is 10.1 Å². The Balaban J connectivity index is 4.09. The van der Waals surface area contributed by atoms with Gasteiger partial charge in [-0.2, -0.15) is 0 Å². The van der Waals surface area contributed by atoms with Crippen molar-refractivity contribution in [2.45, 2.75) is 58.3 Å². The molecule has 1 aromatic rings. The van der Waals surface area contributed by atoms with Crippen LogP contribution in [0.5, 0.6) is 0 Å². The van der Waals surface area contributed by atoms with Gasteiger partial charge in [-0.25, -0.2) is 8.42 Å². The zero-order valence-corrected chi connectivity index (χ0v) is 15.8. The Morgan fingerprint density at radius 2 is 1.65 bits per heavy atom. The highest BCUT2D eigenvalue weighted by Crippen LogP contribution is 2.39. The fraction of sp³-hybridized carbons (Fsp3) is 0.474. The fourth-order valence-corrected chi connectivity index (χ4v) is 4.00. The molecular weight excluding hydrogens is 308 g/mol. The predicted octanol–water partition coefficient (Wildman–Crippen LogP) is 5.15. The Kier molecular flexibility index (Phi) is 6.00. The molecule has 0 saturated carbocycles. The highest BCUT2D eigenvalue weighted by molar-refractivity contribution is 7.85. The van der Waals surface area contributed by atoms with E-state index >= 15 is 0 Å². The average Bonchev–Trinajstić information content (AvgIpc) is 2.42. The van der Waals surface area contributed by atoms with Crippen LogP contribution in [-0.4, -0.2) is 13.0 Å². The first kappa shape index (κ1) is 19.7. The molecule has 0 atom stereocenters. The van der Waals surface area contributed by atoms with Gasteiger partial charge in [0, 0.05) is 0 Å². The molecule has 0 aliphatic heterocycles. The normalized spacial score (nSPS) is 12.3. The van der Waals surface area contributed by atoms with Gasteiger partial charge in [0.2, 0.25) is 0 Å². The summed E-state index contributed by atoms with van der Waals surface area (Å²) in [6.45, 7) is 19.6. The molecule has 0 spiro atoms. The SMILES string of the molecule is C=Cc1c(C(=C)C(C)C)cc(C(C)C)c(S(=O)(=O)[O-])c1C(C)C. The minimum Gasteiger partial charge on any atom is -0.744 e. The van der Waals surface area contributed by atoms with Gasteiger partial charge in [-0.05, 0) is 51.6 Å². The second kappa shape index (κ2) is 7.02. The van der Waals surface area contributed by atoms with Gasteiger partial charge in [-0.1, -0.05) is 60.8 Å². The molecule has 0 heterocycles. The molecule has 0 aromatic heterocycles. The molecule has 3 nitrogen and oxygen atoms in total. The summed E-state index contributed by atoms with van der Waals surface area (Å²) in [7, 11) is -4.58. The fourth-order valence-electron chi connectivity index (χ4n) is 2.80. The van der Waals surface area contributed by atoms with Gasteiger partial charge < -0.3 is 4.55 Å². The van der Waals surface area contributed by atoms with Gasteiger partial charge in [-0.15, -0.1) is 0 Å². The third-order valence-electron chi connectivity index (χ3n) is 4.08. The molecule has 23 heavy (non-hydrogen) atoms. The average molecular weight is 335 g/mol. The second-order valence-corrected chi connectivity index (χ2v) is 8.13. The van der Waals surface area contributed by atoms with Crippen molar-refractivity contribution in [3.05, 3.63) is 41.5 Å². The van der Waals surface area contributed by atoms with Gasteiger partial charge in [0.1, 0.15) is 10.1 Å². The minimum absolute atomic E-state index is 0.0798. The highest BCUT2D eigenvalue weighted by atomic mass is 32.2. The number of hydrogen-bond donors (Lipinski definition) is 0. The molecule has 1 rings (SSSR count). The molecule has 0 radical (unpaired) electrons. The Bertz CT molecular complexity index is 723. The molecule has 0 unspecified atom stereocenters. The topological polar surface area (TPSA) is 57.2 Å². The van der Waals surface area contributed by atoms with Crippen molar-refractivity contribution in [1.29, 1.82) is 0 Å².